The summed E-state index contributed by atoms with van der Waals surface area (Å²) in [5.41, 5.74) is 0. The molecule has 0 aromatic carbocycles. The van der Waals surface area contributed by atoms with Gasteiger partial charge < -0.3 is 19.7 Å². The predicted octanol–water partition coefficient (Wildman–Crippen LogP) is 1.59. The molecule has 0 saturated heterocycles. The first kappa shape index (κ1) is 14.1. The largest absolute Gasteiger partial charge is 0.480 e. The van der Waals surface area contributed by atoms with Gasteiger partial charge in [0, 0.05) is 7.05 Å². The Hall–Kier alpha value is -1.98. The van der Waals surface area contributed by atoms with E-state index < -0.39 is 18.0 Å². The van der Waals surface area contributed by atoms with E-state index in [1.165, 1.54) is 4.90 Å². The second kappa shape index (κ2) is 6.09. The Balaban J connectivity index is 2.53. The third-order valence-electron chi connectivity index (χ3n) is 2.54. The number of nitrogens with one attached hydrogen (secondary N) is 1. The van der Waals surface area contributed by atoms with Crippen LogP contribution in [0.3, 0.4) is 0 Å². The molecule has 0 saturated carbocycles. The van der Waals surface area contributed by atoms with E-state index in [0.717, 1.165) is 5.76 Å². The predicted molar refractivity (Wildman–Crippen MR) is 65.2 cm³/mol. The van der Waals surface area contributed by atoms with Gasteiger partial charge in [0.2, 0.25) is 0 Å². The van der Waals surface area contributed by atoms with Crippen LogP contribution >= 0.6 is 0 Å². The number of aliphatic carboxylic acids is 1. The SMILES string of the molecule is CCC(NC(=O)N(C)Cc1ccc(C)o1)C(=O)O. The van der Waals surface area contributed by atoms with Crippen LogP contribution in [-0.2, 0) is 11.3 Å². The average Bonchev–Trinajstić information content (AvgIpc) is 2.70. The third-order valence-corrected chi connectivity index (χ3v) is 2.54. The molecule has 0 spiro atoms. The number of urea groups is 1. The van der Waals surface area contributed by atoms with Crippen molar-refractivity contribution >= 4 is 12.0 Å². The summed E-state index contributed by atoms with van der Waals surface area (Å²) < 4.78 is 5.35. The van der Waals surface area contributed by atoms with Crippen LogP contribution in [0, 0.1) is 6.92 Å². The lowest BCUT2D eigenvalue weighted by molar-refractivity contribution is -0.139. The van der Waals surface area contributed by atoms with Gasteiger partial charge in [0.25, 0.3) is 0 Å². The summed E-state index contributed by atoms with van der Waals surface area (Å²) in [4.78, 5) is 23.9. The van der Waals surface area contributed by atoms with Crippen LogP contribution in [0.1, 0.15) is 24.9 Å². The highest BCUT2D eigenvalue weighted by Crippen LogP contribution is 2.08. The summed E-state index contributed by atoms with van der Waals surface area (Å²) in [5.74, 6) is 0.400. The Morgan fingerprint density at radius 1 is 1.50 bits per heavy atom. The fraction of sp³-hybridized carbons (Fsp3) is 0.500. The van der Waals surface area contributed by atoms with E-state index >= 15 is 0 Å². The van der Waals surface area contributed by atoms with Gasteiger partial charge in [-0.2, -0.15) is 0 Å². The number of carbonyl (C=O) groups is 2. The van der Waals surface area contributed by atoms with E-state index in [1.54, 1.807) is 20.0 Å². The van der Waals surface area contributed by atoms with Gasteiger partial charge >= 0.3 is 12.0 Å². The molecule has 1 heterocycles. The molecule has 0 radical (unpaired) electrons. The Bertz CT molecular complexity index is 427. The van der Waals surface area contributed by atoms with Gasteiger partial charge in [0.05, 0.1) is 6.54 Å². The number of aryl methyl sites for hydroxylation is 1. The number of nitrogens with zero attached hydrogens (tertiary/aromatic N) is 1. The molecule has 0 aliphatic heterocycles. The summed E-state index contributed by atoms with van der Waals surface area (Å²) >= 11 is 0. The molecular formula is C12H18N2O4. The highest BCUT2D eigenvalue weighted by atomic mass is 16.4. The van der Waals surface area contributed by atoms with Crippen molar-refractivity contribution in [2.24, 2.45) is 0 Å². The number of carboxylic acid groups (broad SMARTS) is 1. The van der Waals surface area contributed by atoms with E-state index in [-0.39, 0.29) is 0 Å². The van der Waals surface area contributed by atoms with E-state index in [9.17, 15) is 9.59 Å². The number of amides is 2. The van der Waals surface area contributed by atoms with Gasteiger partial charge in [-0.3, -0.25) is 0 Å². The van der Waals surface area contributed by atoms with E-state index in [2.05, 4.69) is 5.32 Å². The first-order valence-electron chi connectivity index (χ1n) is 5.73. The number of hydrogen-bond acceptors (Lipinski definition) is 3. The maximum absolute atomic E-state index is 11.7. The lowest BCUT2D eigenvalue weighted by atomic mass is 10.2. The third kappa shape index (κ3) is 3.80. The Morgan fingerprint density at radius 2 is 2.17 bits per heavy atom. The molecule has 1 aromatic heterocycles. The van der Waals surface area contributed by atoms with Gasteiger partial charge in [-0.1, -0.05) is 6.92 Å². The van der Waals surface area contributed by atoms with E-state index in [4.69, 9.17) is 9.52 Å². The van der Waals surface area contributed by atoms with Crippen LogP contribution in [0.15, 0.2) is 16.5 Å². The Kier molecular flexibility index (Phi) is 4.76. The lowest BCUT2D eigenvalue weighted by Crippen LogP contribution is -2.46. The molecule has 2 amide bonds. The van der Waals surface area contributed by atoms with Crippen LogP contribution < -0.4 is 5.32 Å². The summed E-state index contributed by atoms with van der Waals surface area (Å²) in [6.45, 7) is 3.83. The molecule has 0 aliphatic rings. The smallest absolute Gasteiger partial charge is 0.326 e. The van der Waals surface area contributed by atoms with Gasteiger partial charge in [0.1, 0.15) is 17.6 Å². The van der Waals surface area contributed by atoms with Crippen molar-refractivity contribution in [3.05, 3.63) is 23.7 Å². The zero-order chi connectivity index (χ0) is 13.7. The van der Waals surface area contributed by atoms with Crippen LogP contribution in [0.25, 0.3) is 0 Å². The topological polar surface area (TPSA) is 82.8 Å². The number of rotatable bonds is 5. The summed E-state index contributed by atoms with van der Waals surface area (Å²) in [6.07, 6.45) is 0.342. The van der Waals surface area contributed by atoms with Crippen molar-refractivity contribution in [2.75, 3.05) is 7.05 Å². The first-order valence-corrected chi connectivity index (χ1v) is 5.73. The molecule has 18 heavy (non-hydrogen) atoms. The van der Waals surface area contributed by atoms with Crippen molar-refractivity contribution in [1.82, 2.24) is 10.2 Å². The minimum Gasteiger partial charge on any atom is -0.480 e. The van der Waals surface area contributed by atoms with Crippen LogP contribution in [-0.4, -0.2) is 35.1 Å². The number of carbonyl (C=O) groups excluding carboxylic acids is 1. The molecule has 6 nitrogen and oxygen atoms in total. The second-order valence-electron chi connectivity index (χ2n) is 4.12. The lowest BCUT2D eigenvalue weighted by Gasteiger charge is -2.19. The molecule has 1 aromatic rings. The number of carboxylic acids is 1. The minimum absolute atomic E-state index is 0.301. The van der Waals surface area contributed by atoms with Gasteiger partial charge in [-0.15, -0.1) is 0 Å². The molecular weight excluding hydrogens is 236 g/mol. The number of furan rings is 1. The van der Waals surface area contributed by atoms with E-state index in [1.807, 2.05) is 13.0 Å². The molecule has 6 heteroatoms. The fourth-order valence-electron chi connectivity index (χ4n) is 1.47. The Labute approximate surface area is 106 Å². The number of hydrogen-bond donors (Lipinski definition) is 2. The molecule has 0 aliphatic carbocycles. The first-order chi connectivity index (χ1) is 8.43. The molecule has 0 bridgehead atoms. The molecule has 100 valence electrons. The molecule has 1 rings (SSSR count). The molecule has 1 unspecified atom stereocenters. The normalized spacial score (nSPS) is 11.9. The monoisotopic (exact) mass is 254 g/mol. The van der Waals surface area contributed by atoms with Gasteiger partial charge in [-0.25, -0.2) is 9.59 Å². The van der Waals surface area contributed by atoms with Gasteiger partial charge in [0.15, 0.2) is 0 Å². The van der Waals surface area contributed by atoms with Crippen molar-refractivity contribution in [3.8, 4) is 0 Å². The van der Waals surface area contributed by atoms with Crippen molar-refractivity contribution in [2.45, 2.75) is 32.9 Å². The molecule has 0 fully saturated rings. The highest BCUT2D eigenvalue weighted by Gasteiger charge is 2.20. The van der Waals surface area contributed by atoms with Crippen molar-refractivity contribution in [3.63, 3.8) is 0 Å². The van der Waals surface area contributed by atoms with Crippen molar-refractivity contribution < 1.29 is 19.1 Å². The zero-order valence-electron chi connectivity index (χ0n) is 10.8. The second-order valence-corrected chi connectivity index (χ2v) is 4.12. The van der Waals surface area contributed by atoms with Crippen LogP contribution in [0.2, 0.25) is 0 Å². The summed E-state index contributed by atoms with van der Waals surface area (Å²) in [7, 11) is 1.59. The molecule has 2 N–H and O–H groups in total. The van der Waals surface area contributed by atoms with Crippen molar-refractivity contribution in [1.29, 1.82) is 0 Å². The highest BCUT2D eigenvalue weighted by molar-refractivity contribution is 5.82. The summed E-state index contributed by atoms with van der Waals surface area (Å²) in [6, 6.07) is 2.30. The quantitative estimate of drug-likeness (QED) is 0.836. The Morgan fingerprint density at radius 3 is 2.61 bits per heavy atom. The van der Waals surface area contributed by atoms with Crippen LogP contribution in [0.5, 0.6) is 0 Å². The maximum atomic E-state index is 11.7. The maximum Gasteiger partial charge on any atom is 0.326 e. The zero-order valence-corrected chi connectivity index (χ0v) is 10.8. The van der Waals surface area contributed by atoms with Gasteiger partial charge in [-0.05, 0) is 25.5 Å². The summed E-state index contributed by atoms with van der Waals surface area (Å²) in [5, 5.41) is 11.3. The van der Waals surface area contributed by atoms with E-state index in [0.29, 0.717) is 18.7 Å². The molecule has 1 atom stereocenters. The minimum atomic E-state index is -1.03. The standard InChI is InChI=1S/C12H18N2O4/c1-4-10(11(15)16)13-12(17)14(3)7-9-6-5-8(2)18-9/h5-6,10H,4,7H2,1-3H3,(H,13,17)(H,15,16). The fourth-order valence-corrected chi connectivity index (χ4v) is 1.47. The van der Waals surface area contributed by atoms with Crippen LogP contribution in [0.4, 0.5) is 4.79 Å². The average molecular weight is 254 g/mol.